The lowest BCUT2D eigenvalue weighted by Gasteiger charge is -2.20. The fourth-order valence-electron chi connectivity index (χ4n) is 7.38. The van der Waals surface area contributed by atoms with Crippen LogP contribution in [0.25, 0.3) is 0 Å². The van der Waals surface area contributed by atoms with Crippen LogP contribution in [0.1, 0.15) is 251 Å². The fourth-order valence-corrected chi connectivity index (χ4v) is 8.15. The van der Waals surface area contributed by atoms with Crippen LogP contribution in [-0.4, -0.2) is 49.9 Å². The molecule has 0 spiro atoms. The van der Waals surface area contributed by atoms with E-state index in [9.17, 15) is 14.3 Å². The zero-order valence-corrected chi connectivity index (χ0v) is 39.9. The first-order valence-corrected chi connectivity index (χ1v) is 26.8. The van der Waals surface area contributed by atoms with Crippen molar-refractivity contribution in [2.45, 2.75) is 258 Å². The Morgan fingerprint density at radius 1 is 0.508 bits per heavy atom. The van der Waals surface area contributed by atoms with Crippen LogP contribution < -0.4 is 5.73 Å². The van der Waals surface area contributed by atoms with E-state index in [-0.39, 0.29) is 32.3 Å². The van der Waals surface area contributed by atoms with E-state index >= 15 is 0 Å². The normalized spacial score (nSPS) is 13.5. The van der Waals surface area contributed by atoms with Crippen LogP contribution >= 0.6 is 7.82 Å². The summed E-state index contributed by atoms with van der Waals surface area (Å²) in [7, 11) is -4.28. The molecule has 0 aliphatic carbocycles. The van der Waals surface area contributed by atoms with Gasteiger partial charge in [0.1, 0.15) is 6.10 Å². The highest BCUT2D eigenvalue weighted by Crippen LogP contribution is 2.43. The summed E-state index contributed by atoms with van der Waals surface area (Å²) in [6, 6.07) is 0. The van der Waals surface area contributed by atoms with Gasteiger partial charge in [-0.05, 0) is 44.9 Å². The topological polar surface area (TPSA) is 117 Å². The van der Waals surface area contributed by atoms with E-state index in [1.165, 1.54) is 193 Å². The molecule has 0 radical (unpaired) electrons. The van der Waals surface area contributed by atoms with Gasteiger partial charge < -0.3 is 20.1 Å². The van der Waals surface area contributed by atoms with Crippen molar-refractivity contribution in [1.82, 2.24) is 0 Å². The molecule has 0 aliphatic heterocycles. The molecule has 0 bridgehead atoms. The molecule has 9 heteroatoms. The number of rotatable bonds is 49. The van der Waals surface area contributed by atoms with Crippen molar-refractivity contribution in [2.24, 2.45) is 5.73 Å². The maximum atomic E-state index is 12.6. The van der Waals surface area contributed by atoms with Gasteiger partial charge in [0, 0.05) is 19.6 Å². The predicted octanol–water partition coefficient (Wildman–Crippen LogP) is 15.6. The van der Waals surface area contributed by atoms with Crippen molar-refractivity contribution >= 4 is 13.8 Å². The van der Waals surface area contributed by atoms with Crippen LogP contribution in [0.2, 0.25) is 0 Å². The Balaban J connectivity index is 3.91. The Morgan fingerprint density at radius 2 is 0.898 bits per heavy atom. The van der Waals surface area contributed by atoms with Gasteiger partial charge in [-0.1, -0.05) is 224 Å². The average Bonchev–Trinajstić information content (AvgIpc) is 3.23. The molecule has 0 fully saturated rings. The standard InChI is InChI=1S/C50H98NO7P/c1-3-5-7-9-11-13-15-17-19-21-23-24-25-26-27-29-31-33-35-37-39-41-43-50(52)58-49(48-57-59(53,54)56-46-44-51)47-55-45-42-40-38-36-34-32-30-28-22-20-18-16-14-12-10-8-6-4-2/h12,14,18,20,49H,3-11,13,15-17,19,21-48,51H2,1-2H3,(H,53,54)/b14-12-,20-18-. The number of unbranched alkanes of at least 4 members (excludes halogenated alkanes) is 32. The van der Waals surface area contributed by atoms with Gasteiger partial charge in [-0.25, -0.2) is 4.57 Å². The maximum Gasteiger partial charge on any atom is 0.472 e. The number of allylic oxidation sites excluding steroid dienone is 4. The monoisotopic (exact) mass is 856 g/mol. The molecule has 0 rings (SSSR count). The van der Waals surface area contributed by atoms with Gasteiger partial charge in [0.05, 0.1) is 19.8 Å². The van der Waals surface area contributed by atoms with E-state index < -0.39 is 13.9 Å². The van der Waals surface area contributed by atoms with Gasteiger partial charge in [0.2, 0.25) is 0 Å². The molecule has 0 amide bonds. The molecule has 0 saturated heterocycles. The molecule has 0 aliphatic rings. The van der Waals surface area contributed by atoms with Crippen LogP contribution in [-0.2, 0) is 27.9 Å². The first-order chi connectivity index (χ1) is 28.9. The summed E-state index contributed by atoms with van der Waals surface area (Å²) in [6.45, 7) is 4.94. The summed E-state index contributed by atoms with van der Waals surface area (Å²) in [5.74, 6) is -0.327. The summed E-state index contributed by atoms with van der Waals surface area (Å²) in [4.78, 5) is 22.6. The quantitative estimate of drug-likeness (QED) is 0.0269. The second-order valence-electron chi connectivity index (χ2n) is 17.0. The van der Waals surface area contributed by atoms with Crippen LogP contribution in [0.4, 0.5) is 0 Å². The first-order valence-electron chi connectivity index (χ1n) is 25.3. The highest BCUT2D eigenvalue weighted by Gasteiger charge is 2.25. The number of nitrogens with two attached hydrogens (primary N) is 1. The van der Waals surface area contributed by atoms with Crippen molar-refractivity contribution in [3.05, 3.63) is 24.3 Å². The number of phosphoric acid groups is 1. The van der Waals surface area contributed by atoms with Crippen LogP contribution in [0.3, 0.4) is 0 Å². The SMILES string of the molecule is CCCCC/C=C\C/C=C\CCCCCCCCCCOCC(COP(=O)(O)OCCN)OC(=O)CCCCCCCCCCCCCCCCCCCCCCCC. The van der Waals surface area contributed by atoms with Crippen LogP contribution in [0, 0.1) is 0 Å². The highest BCUT2D eigenvalue weighted by molar-refractivity contribution is 7.47. The summed E-state index contributed by atoms with van der Waals surface area (Å²) in [6.07, 6.45) is 54.9. The van der Waals surface area contributed by atoms with Gasteiger partial charge in [-0.15, -0.1) is 0 Å². The van der Waals surface area contributed by atoms with Gasteiger partial charge in [-0.3, -0.25) is 13.8 Å². The molecule has 0 aromatic carbocycles. The molecule has 8 nitrogen and oxygen atoms in total. The average molecular weight is 856 g/mol. The van der Waals surface area contributed by atoms with Gasteiger partial charge in [-0.2, -0.15) is 0 Å². The summed E-state index contributed by atoms with van der Waals surface area (Å²) in [5.41, 5.74) is 5.39. The fraction of sp³-hybridized carbons (Fsp3) is 0.900. The van der Waals surface area contributed by atoms with E-state index in [2.05, 4.69) is 38.2 Å². The number of phosphoric ester groups is 1. The minimum atomic E-state index is -4.28. The molecule has 0 heterocycles. The number of hydrogen-bond donors (Lipinski definition) is 2. The second kappa shape index (κ2) is 48.0. The van der Waals surface area contributed by atoms with E-state index in [1.54, 1.807) is 0 Å². The Bertz CT molecular complexity index is 962. The Morgan fingerprint density at radius 3 is 1.36 bits per heavy atom. The number of esters is 1. The van der Waals surface area contributed by atoms with Crippen molar-refractivity contribution in [2.75, 3.05) is 33.0 Å². The second-order valence-corrected chi connectivity index (χ2v) is 18.5. The minimum Gasteiger partial charge on any atom is -0.457 e. The van der Waals surface area contributed by atoms with Crippen molar-refractivity contribution < 1.29 is 32.8 Å². The zero-order chi connectivity index (χ0) is 43.0. The minimum absolute atomic E-state index is 0.0943. The largest absolute Gasteiger partial charge is 0.472 e. The lowest BCUT2D eigenvalue weighted by molar-refractivity contribution is -0.154. The van der Waals surface area contributed by atoms with Crippen molar-refractivity contribution in [3.8, 4) is 0 Å². The predicted molar refractivity (Wildman–Crippen MR) is 252 cm³/mol. The lowest BCUT2D eigenvalue weighted by Crippen LogP contribution is -2.28. The maximum absolute atomic E-state index is 12.6. The highest BCUT2D eigenvalue weighted by atomic mass is 31.2. The van der Waals surface area contributed by atoms with Gasteiger partial charge >= 0.3 is 13.8 Å². The number of carbonyl (C=O) groups excluding carboxylic acids is 1. The van der Waals surface area contributed by atoms with Crippen molar-refractivity contribution in [1.29, 1.82) is 0 Å². The van der Waals surface area contributed by atoms with Crippen LogP contribution in [0.5, 0.6) is 0 Å². The third-order valence-corrected chi connectivity index (χ3v) is 12.1. The smallest absolute Gasteiger partial charge is 0.457 e. The Hall–Kier alpha value is -1.02. The molecule has 350 valence electrons. The summed E-state index contributed by atoms with van der Waals surface area (Å²) < 4.78 is 33.6. The third kappa shape index (κ3) is 47.9. The molecule has 3 N–H and O–H groups in total. The van der Waals surface area contributed by atoms with Gasteiger partial charge in [0.25, 0.3) is 0 Å². The van der Waals surface area contributed by atoms with E-state index in [4.69, 9.17) is 24.3 Å². The van der Waals surface area contributed by atoms with Gasteiger partial charge in [0.15, 0.2) is 0 Å². The van der Waals surface area contributed by atoms with Crippen molar-refractivity contribution in [3.63, 3.8) is 0 Å². The summed E-state index contributed by atoms with van der Waals surface area (Å²) in [5, 5.41) is 0. The lowest BCUT2D eigenvalue weighted by atomic mass is 10.0. The molecule has 0 aromatic heterocycles. The Labute approximate surface area is 366 Å². The molecular weight excluding hydrogens is 758 g/mol. The zero-order valence-electron chi connectivity index (χ0n) is 39.0. The molecule has 2 unspecified atom stereocenters. The number of carbonyl (C=O) groups is 1. The van der Waals surface area contributed by atoms with Crippen LogP contribution in [0.15, 0.2) is 24.3 Å². The first kappa shape index (κ1) is 58.0. The van der Waals surface area contributed by atoms with E-state index in [0.29, 0.717) is 13.0 Å². The molecule has 0 aromatic rings. The third-order valence-electron chi connectivity index (χ3n) is 11.1. The number of ether oxygens (including phenoxy) is 2. The van der Waals surface area contributed by atoms with E-state index in [1.807, 2.05) is 0 Å². The summed E-state index contributed by atoms with van der Waals surface area (Å²) >= 11 is 0. The molecular formula is C50H98NO7P. The number of hydrogen-bond acceptors (Lipinski definition) is 7. The molecule has 0 saturated carbocycles. The van der Waals surface area contributed by atoms with E-state index in [0.717, 1.165) is 38.5 Å². The molecule has 2 atom stereocenters. The molecule has 59 heavy (non-hydrogen) atoms. The Kier molecular flexibility index (Phi) is 47.2.